The van der Waals surface area contributed by atoms with E-state index in [-0.39, 0.29) is 18.4 Å². The lowest BCUT2D eigenvalue weighted by Gasteiger charge is -2.30. The predicted molar refractivity (Wildman–Crippen MR) is 74.4 cm³/mol. The van der Waals surface area contributed by atoms with E-state index in [9.17, 15) is 9.59 Å². The average Bonchev–Trinajstić information content (AvgIpc) is 2.33. The van der Waals surface area contributed by atoms with Gasteiger partial charge in [-0.15, -0.1) is 0 Å². The van der Waals surface area contributed by atoms with Crippen LogP contribution in [0.2, 0.25) is 10.0 Å². The first kappa shape index (κ1) is 14.2. The minimum atomic E-state index is -0.457. The highest BCUT2D eigenvalue weighted by atomic mass is 35.5. The molecule has 0 bridgehead atoms. The third-order valence-electron chi connectivity index (χ3n) is 3.06. The maximum atomic E-state index is 11.9. The van der Waals surface area contributed by atoms with Gasteiger partial charge >= 0.3 is 0 Å². The zero-order chi connectivity index (χ0) is 14.0. The molecule has 0 saturated carbocycles. The van der Waals surface area contributed by atoms with E-state index in [0.29, 0.717) is 23.0 Å². The van der Waals surface area contributed by atoms with Gasteiger partial charge in [-0.2, -0.15) is 0 Å². The van der Waals surface area contributed by atoms with E-state index >= 15 is 0 Å². The quantitative estimate of drug-likeness (QED) is 0.927. The maximum Gasteiger partial charge on any atom is 0.245 e. The molecule has 19 heavy (non-hydrogen) atoms. The van der Waals surface area contributed by atoms with Crippen molar-refractivity contribution in [1.82, 2.24) is 10.2 Å². The summed E-state index contributed by atoms with van der Waals surface area (Å²) in [6.45, 7) is 2.26. The minimum Gasteiger partial charge on any atom is -0.343 e. The second kappa shape index (κ2) is 5.80. The Morgan fingerprint density at radius 1 is 1.37 bits per heavy atom. The topological polar surface area (TPSA) is 49.4 Å². The van der Waals surface area contributed by atoms with Gasteiger partial charge in [0.15, 0.2) is 0 Å². The normalized spacial score (nSPS) is 19.5. The molecular weight excluding hydrogens is 287 g/mol. The van der Waals surface area contributed by atoms with Gasteiger partial charge in [-0.1, -0.05) is 29.3 Å². The Labute approximate surface area is 121 Å². The van der Waals surface area contributed by atoms with Crippen molar-refractivity contribution in [2.24, 2.45) is 0 Å². The number of hydrogen-bond donors (Lipinski definition) is 1. The molecule has 0 spiro atoms. The number of rotatable bonds is 3. The van der Waals surface area contributed by atoms with Gasteiger partial charge in [-0.05, 0) is 31.0 Å². The minimum absolute atomic E-state index is 0.0651. The smallest absolute Gasteiger partial charge is 0.245 e. The zero-order valence-corrected chi connectivity index (χ0v) is 12.0. The second-order valence-corrected chi connectivity index (χ2v) is 5.38. The van der Waals surface area contributed by atoms with Crippen LogP contribution in [0.3, 0.4) is 0 Å². The number of benzene rings is 1. The molecule has 1 aromatic rings. The lowest BCUT2D eigenvalue weighted by molar-refractivity contribution is -0.143. The Bertz CT molecular complexity index is 519. The molecule has 1 unspecified atom stereocenters. The van der Waals surface area contributed by atoms with E-state index in [1.807, 2.05) is 6.07 Å². The van der Waals surface area contributed by atoms with Crippen LogP contribution in [0.25, 0.3) is 0 Å². The number of piperazine rings is 1. The summed E-state index contributed by atoms with van der Waals surface area (Å²) in [5, 5.41) is 3.76. The highest BCUT2D eigenvalue weighted by Gasteiger charge is 2.28. The van der Waals surface area contributed by atoms with E-state index < -0.39 is 6.04 Å². The molecule has 2 rings (SSSR count). The van der Waals surface area contributed by atoms with E-state index in [1.165, 1.54) is 0 Å². The molecule has 6 heteroatoms. The van der Waals surface area contributed by atoms with Crippen molar-refractivity contribution in [1.29, 1.82) is 0 Å². The van der Waals surface area contributed by atoms with Crippen molar-refractivity contribution in [3.8, 4) is 0 Å². The Morgan fingerprint density at radius 2 is 2.11 bits per heavy atom. The van der Waals surface area contributed by atoms with Crippen LogP contribution >= 0.6 is 23.2 Å². The van der Waals surface area contributed by atoms with Gasteiger partial charge in [-0.3, -0.25) is 9.59 Å². The molecule has 4 nitrogen and oxygen atoms in total. The second-order valence-electron chi connectivity index (χ2n) is 4.53. The number of carbonyl (C=O) groups is 2. The standard InChI is InChI=1S/C13H14Cl2N2O2/c1-8-13(19)17(7-12(18)16-8)5-4-9-2-3-10(14)6-11(9)15/h2-3,6,8H,4-5,7H2,1H3,(H,16,18). The first-order valence-electron chi connectivity index (χ1n) is 5.99. The predicted octanol–water partition coefficient (Wildman–Crippen LogP) is 1.88. The van der Waals surface area contributed by atoms with Crippen molar-refractivity contribution in [3.05, 3.63) is 33.8 Å². The first-order valence-corrected chi connectivity index (χ1v) is 6.75. The molecule has 1 saturated heterocycles. The summed E-state index contributed by atoms with van der Waals surface area (Å²) < 4.78 is 0. The summed E-state index contributed by atoms with van der Waals surface area (Å²) in [5.74, 6) is -0.195. The van der Waals surface area contributed by atoms with Crippen LogP contribution in [0.5, 0.6) is 0 Å². The fraction of sp³-hybridized carbons (Fsp3) is 0.385. The summed E-state index contributed by atoms with van der Waals surface area (Å²) in [6.07, 6.45) is 0.599. The maximum absolute atomic E-state index is 11.9. The van der Waals surface area contributed by atoms with Gasteiger partial charge in [0.1, 0.15) is 6.04 Å². The Morgan fingerprint density at radius 3 is 2.79 bits per heavy atom. The number of amides is 2. The Balaban J connectivity index is 2.01. The molecule has 102 valence electrons. The Hall–Kier alpha value is -1.26. The molecule has 0 aliphatic carbocycles. The third-order valence-corrected chi connectivity index (χ3v) is 3.65. The molecule has 0 aromatic heterocycles. The fourth-order valence-corrected chi connectivity index (χ4v) is 2.55. The molecule has 2 amide bonds. The molecule has 1 aromatic carbocycles. The molecule has 1 fully saturated rings. The van der Waals surface area contributed by atoms with E-state index in [2.05, 4.69) is 5.32 Å². The molecule has 1 aliphatic rings. The third kappa shape index (κ3) is 3.39. The molecule has 1 N–H and O–H groups in total. The van der Waals surface area contributed by atoms with Gasteiger partial charge in [0, 0.05) is 16.6 Å². The molecule has 1 aliphatic heterocycles. The number of carbonyl (C=O) groups excluding carboxylic acids is 2. The van der Waals surface area contributed by atoms with Crippen LogP contribution in [0.15, 0.2) is 18.2 Å². The number of nitrogens with zero attached hydrogens (tertiary/aromatic N) is 1. The molecule has 0 radical (unpaired) electrons. The summed E-state index contributed by atoms with van der Waals surface area (Å²) in [6, 6.07) is 4.81. The Kier molecular flexibility index (Phi) is 4.32. The van der Waals surface area contributed by atoms with Crippen molar-refractivity contribution in [2.75, 3.05) is 13.1 Å². The fourth-order valence-electron chi connectivity index (χ4n) is 2.04. The average molecular weight is 301 g/mol. The van der Waals surface area contributed by atoms with Crippen molar-refractivity contribution in [3.63, 3.8) is 0 Å². The van der Waals surface area contributed by atoms with Gasteiger partial charge in [0.25, 0.3) is 0 Å². The molecular formula is C13H14Cl2N2O2. The van der Waals surface area contributed by atoms with Crippen molar-refractivity contribution < 1.29 is 9.59 Å². The van der Waals surface area contributed by atoms with Gasteiger partial charge in [0.2, 0.25) is 11.8 Å². The van der Waals surface area contributed by atoms with Crippen LogP contribution in [-0.4, -0.2) is 35.8 Å². The van der Waals surface area contributed by atoms with Crippen LogP contribution in [0.1, 0.15) is 12.5 Å². The van der Waals surface area contributed by atoms with Crippen molar-refractivity contribution in [2.45, 2.75) is 19.4 Å². The largest absolute Gasteiger partial charge is 0.343 e. The lowest BCUT2D eigenvalue weighted by atomic mass is 10.1. The van der Waals surface area contributed by atoms with Gasteiger partial charge < -0.3 is 10.2 Å². The van der Waals surface area contributed by atoms with E-state index in [0.717, 1.165) is 5.56 Å². The van der Waals surface area contributed by atoms with E-state index in [4.69, 9.17) is 23.2 Å². The zero-order valence-electron chi connectivity index (χ0n) is 10.5. The summed E-state index contributed by atoms with van der Waals surface area (Å²) in [7, 11) is 0. The number of nitrogens with one attached hydrogen (secondary N) is 1. The number of halogens is 2. The molecule has 1 heterocycles. The van der Waals surface area contributed by atoms with E-state index in [1.54, 1.807) is 24.0 Å². The summed E-state index contributed by atoms with van der Waals surface area (Å²) >= 11 is 11.9. The lowest BCUT2D eigenvalue weighted by Crippen LogP contribution is -2.57. The molecule has 1 atom stereocenters. The summed E-state index contributed by atoms with van der Waals surface area (Å²) in [4.78, 5) is 24.8. The highest BCUT2D eigenvalue weighted by molar-refractivity contribution is 6.35. The van der Waals surface area contributed by atoms with Crippen molar-refractivity contribution >= 4 is 35.0 Å². The highest BCUT2D eigenvalue weighted by Crippen LogP contribution is 2.21. The van der Waals surface area contributed by atoms with Crippen LogP contribution < -0.4 is 5.32 Å². The number of hydrogen-bond acceptors (Lipinski definition) is 2. The van der Waals surface area contributed by atoms with Gasteiger partial charge in [0.05, 0.1) is 6.54 Å². The van der Waals surface area contributed by atoms with Crippen LogP contribution in [-0.2, 0) is 16.0 Å². The van der Waals surface area contributed by atoms with Crippen LogP contribution in [0, 0.1) is 0 Å². The van der Waals surface area contributed by atoms with Crippen LogP contribution in [0.4, 0.5) is 0 Å². The monoisotopic (exact) mass is 300 g/mol. The first-order chi connectivity index (χ1) is 8.97. The summed E-state index contributed by atoms with van der Waals surface area (Å²) in [5.41, 5.74) is 0.914. The SMILES string of the molecule is CC1NC(=O)CN(CCc2ccc(Cl)cc2Cl)C1=O. The van der Waals surface area contributed by atoms with Gasteiger partial charge in [-0.25, -0.2) is 0 Å².